The van der Waals surface area contributed by atoms with Crippen LogP contribution in [0.2, 0.25) is 0 Å². The fourth-order valence-electron chi connectivity index (χ4n) is 2.14. The Hall–Kier alpha value is -2.15. The van der Waals surface area contributed by atoms with Crippen molar-refractivity contribution in [2.24, 2.45) is 0 Å². The zero-order valence-electron chi connectivity index (χ0n) is 10.7. The highest BCUT2D eigenvalue weighted by Gasteiger charge is 2.23. The van der Waals surface area contributed by atoms with Crippen molar-refractivity contribution in [3.05, 3.63) is 29.6 Å². The second-order valence-corrected chi connectivity index (χ2v) is 4.67. The Morgan fingerprint density at radius 3 is 2.80 bits per heavy atom. The van der Waals surface area contributed by atoms with Crippen molar-refractivity contribution in [2.45, 2.75) is 18.9 Å². The maximum Gasteiger partial charge on any atom is 0.337 e. The average molecular weight is 282 g/mol. The summed E-state index contributed by atoms with van der Waals surface area (Å²) in [7, 11) is 0. The summed E-state index contributed by atoms with van der Waals surface area (Å²) in [6.07, 6.45) is 0.756. The standard InChI is InChI=1S/C13H15FN2O4/c14-8-3-4-11(10(6-8)12(18)19)15-13(20)16-5-1-2-9(17)7-16/h3-4,6,9,17H,1-2,5,7H2,(H,15,20)(H,18,19). The van der Waals surface area contributed by atoms with E-state index in [1.54, 1.807) is 0 Å². The molecule has 1 aliphatic rings. The lowest BCUT2D eigenvalue weighted by molar-refractivity contribution is 0.0697. The van der Waals surface area contributed by atoms with Gasteiger partial charge in [-0.2, -0.15) is 0 Å². The summed E-state index contributed by atoms with van der Waals surface area (Å²) in [6, 6.07) is 2.63. The van der Waals surface area contributed by atoms with Gasteiger partial charge in [0.15, 0.2) is 0 Å². The molecular formula is C13H15FN2O4. The van der Waals surface area contributed by atoms with Gasteiger partial charge in [0.2, 0.25) is 0 Å². The second-order valence-electron chi connectivity index (χ2n) is 4.67. The van der Waals surface area contributed by atoms with E-state index in [1.165, 1.54) is 11.0 Å². The Kier molecular flexibility index (Phi) is 4.19. The van der Waals surface area contributed by atoms with Crippen molar-refractivity contribution >= 4 is 17.7 Å². The molecule has 0 aliphatic carbocycles. The number of aliphatic hydroxyl groups excluding tert-OH is 1. The first-order valence-corrected chi connectivity index (χ1v) is 6.24. The highest BCUT2D eigenvalue weighted by molar-refractivity contribution is 6.00. The number of carbonyl (C=O) groups is 2. The summed E-state index contributed by atoms with van der Waals surface area (Å²) in [5.74, 6) is -2.01. The molecule has 0 bridgehead atoms. The minimum absolute atomic E-state index is 0.0314. The molecule has 1 saturated heterocycles. The second kappa shape index (κ2) is 5.87. The minimum Gasteiger partial charge on any atom is -0.478 e. The molecule has 3 N–H and O–H groups in total. The third kappa shape index (κ3) is 3.24. The maximum absolute atomic E-state index is 13.0. The fourth-order valence-corrected chi connectivity index (χ4v) is 2.14. The van der Waals surface area contributed by atoms with Crippen molar-refractivity contribution in [2.75, 3.05) is 18.4 Å². The highest BCUT2D eigenvalue weighted by Crippen LogP contribution is 2.19. The number of amides is 2. The molecule has 0 radical (unpaired) electrons. The van der Waals surface area contributed by atoms with Gasteiger partial charge in [0, 0.05) is 13.1 Å². The summed E-state index contributed by atoms with van der Waals surface area (Å²) in [5, 5.41) is 20.9. The quantitative estimate of drug-likeness (QED) is 0.767. The van der Waals surface area contributed by atoms with Crippen LogP contribution in [0.15, 0.2) is 18.2 Å². The number of rotatable bonds is 2. The van der Waals surface area contributed by atoms with Crippen LogP contribution in [0, 0.1) is 5.82 Å². The van der Waals surface area contributed by atoms with Gasteiger partial charge in [0.25, 0.3) is 0 Å². The number of benzene rings is 1. The molecule has 20 heavy (non-hydrogen) atoms. The number of β-amino-alcohol motifs (C(OH)–C–C–N with tert-alkyl or cyclic N) is 1. The van der Waals surface area contributed by atoms with E-state index in [2.05, 4.69) is 5.32 Å². The predicted octanol–water partition coefficient (Wildman–Crippen LogP) is 1.51. The smallest absolute Gasteiger partial charge is 0.337 e. The summed E-state index contributed by atoms with van der Waals surface area (Å²) in [5.41, 5.74) is -0.278. The molecule has 0 saturated carbocycles. The molecule has 1 heterocycles. The van der Waals surface area contributed by atoms with Gasteiger partial charge in [0.05, 0.1) is 17.4 Å². The number of aromatic carboxylic acids is 1. The average Bonchev–Trinajstić information content (AvgIpc) is 2.40. The van der Waals surface area contributed by atoms with Gasteiger partial charge in [-0.25, -0.2) is 14.0 Å². The molecule has 1 unspecified atom stereocenters. The molecule has 0 aromatic heterocycles. The zero-order valence-corrected chi connectivity index (χ0v) is 10.7. The van der Waals surface area contributed by atoms with Crippen LogP contribution in [-0.2, 0) is 0 Å². The Morgan fingerprint density at radius 1 is 1.40 bits per heavy atom. The van der Waals surface area contributed by atoms with E-state index in [4.69, 9.17) is 5.11 Å². The van der Waals surface area contributed by atoms with Crippen LogP contribution in [0.4, 0.5) is 14.9 Å². The van der Waals surface area contributed by atoms with Gasteiger partial charge < -0.3 is 20.4 Å². The van der Waals surface area contributed by atoms with Crippen LogP contribution in [0.25, 0.3) is 0 Å². The number of hydrogen-bond acceptors (Lipinski definition) is 3. The van der Waals surface area contributed by atoms with Crippen molar-refractivity contribution < 1.29 is 24.2 Å². The molecule has 1 fully saturated rings. The summed E-state index contributed by atoms with van der Waals surface area (Å²) < 4.78 is 13.0. The summed E-state index contributed by atoms with van der Waals surface area (Å²) in [4.78, 5) is 24.4. The van der Waals surface area contributed by atoms with E-state index in [9.17, 15) is 19.1 Å². The van der Waals surface area contributed by atoms with E-state index >= 15 is 0 Å². The van der Waals surface area contributed by atoms with Crippen molar-refractivity contribution in [3.63, 3.8) is 0 Å². The molecule has 1 aliphatic heterocycles. The number of aliphatic hydroxyl groups is 1. The topological polar surface area (TPSA) is 89.9 Å². The fraction of sp³-hybridized carbons (Fsp3) is 0.385. The Bertz CT molecular complexity index is 535. The number of carboxylic acid groups (broad SMARTS) is 1. The predicted molar refractivity (Wildman–Crippen MR) is 69.2 cm³/mol. The molecule has 2 rings (SSSR count). The largest absolute Gasteiger partial charge is 0.478 e. The van der Waals surface area contributed by atoms with Gasteiger partial charge in [-0.1, -0.05) is 0 Å². The number of nitrogens with one attached hydrogen (secondary N) is 1. The van der Waals surface area contributed by atoms with Crippen LogP contribution < -0.4 is 5.32 Å². The van der Waals surface area contributed by atoms with Crippen LogP contribution >= 0.6 is 0 Å². The van der Waals surface area contributed by atoms with Gasteiger partial charge >= 0.3 is 12.0 Å². The molecule has 1 aromatic rings. The van der Waals surface area contributed by atoms with E-state index in [0.717, 1.165) is 12.1 Å². The first-order valence-electron chi connectivity index (χ1n) is 6.24. The van der Waals surface area contributed by atoms with E-state index in [0.29, 0.717) is 19.4 Å². The van der Waals surface area contributed by atoms with Crippen LogP contribution in [0.5, 0.6) is 0 Å². The number of nitrogens with zero attached hydrogens (tertiary/aromatic N) is 1. The molecule has 1 atom stereocenters. The lowest BCUT2D eigenvalue weighted by Crippen LogP contribution is -2.44. The van der Waals surface area contributed by atoms with Crippen molar-refractivity contribution in [3.8, 4) is 0 Å². The van der Waals surface area contributed by atoms with Gasteiger partial charge in [0.1, 0.15) is 5.82 Å². The summed E-state index contributed by atoms with van der Waals surface area (Å²) in [6.45, 7) is 0.696. The van der Waals surface area contributed by atoms with Gasteiger partial charge in [-0.05, 0) is 31.0 Å². The van der Waals surface area contributed by atoms with Crippen molar-refractivity contribution in [1.29, 1.82) is 0 Å². The third-order valence-corrected chi connectivity index (χ3v) is 3.14. The number of urea groups is 1. The number of anilines is 1. The summed E-state index contributed by atoms with van der Waals surface area (Å²) >= 11 is 0. The SMILES string of the molecule is O=C(O)c1cc(F)ccc1NC(=O)N1CCCC(O)C1. The van der Waals surface area contributed by atoms with E-state index in [1.807, 2.05) is 0 Å². The zero-order chi connectivity index (χ0) is 14.7. The molecule has 2 amide bonds. The van der Waals surface area contributed by atoms with E-state index in [-0.39, 0.29) is 17.8 Å². The van der Waals surface area contributed by atoms with Crippen LogP contribution in [0.3, 0.4) is 0 Å². The number of hydrogen-bond donors (Lipinski definition) is 3. The first kappa shape index (κ1) is 14.3. The lowest BCUT2D eigenvalue weighted by atomic mass is 10.1. The Labute approximate surface area is 114 Å². The molecule has 1 aromatic carbocycles. The molecule has 108 valence electrons. The molecular weight excluding hydrogens is 267 g/mol. The van der Waals surface area contributed by atoms with Crippen LogP contribution in [0.1, 0.15) is 23.2 Å². The van der Waals surface area contributed by atoms with Gasteiger partial charge in [-0.3, -0.25) is 0 Å². The lowest BCUT2D eigenvalue weighted by Gasteiger charge is -2.30. The molecule has 7 heteroatoms. The number of carboxylic acids is 1. The Balaban J connectivity index is 2.13. The first-order chi connectivity index (χ1) is 9.47. The number of halogens is 1. The van der Waals surface area contributed by atoms with Crippen LogP contribution in [-0.4, -0.2) is 46.3 Å². The molecule has 6 nitrogen and oxygen atoms in total. The number of likely N-dealkylation sites (tertiary alicyclic amines) is 1. The highest BCUT2D eigenvalue weighted by atomic mass is 19.1. The Morgan fingerprint density at radius 2 is 2.15 bits per heavy atom. The monoisotopic (exact) mass is 282 g/mol. The third-order valence-electron chi connectivity index (χ3n) is 3.14. The number of piperidine rings is 1. The minimum atomic E-state index is -1.32. The maximum atomic E-state index is 13.0. The van der Waals surface area contributed by atoms with Gasteiger partial charge in [-0.15, -0.1) is 0 Å². The van der Waals surface area contributed by atoms with E-state index < -0.39 is 23.9 Å². The molecule has 0 spiro atoms. The van der Waals surface area contributed by atoms with Crippen molar-refractivity contribution in [1.82, 2.24) is 4.90 Å². The normalized spacial score (nSPS) is 18.7. The number of carbonyl (C=O) groups excluding carboxylic acids is 1.